The fourth-order valence-electron chi connectivity index (χ4n) is 6.06. The molecule has 286 valence electrons. The largest absolute Gasteiger partial charge is 0.459 e. The third-order valence-corrected chi connectivity index (χ3v) is 8.56. The van der Waals surface area contributed by atoms with E-state index in [9.17, 15) is 50.8 Å². The minimum Gasteiger partial charge on any atom is -0.459 e. The van der Waals surface area contributed by atoms with Gasteiger partial charge in [0, 0.05) is 6.08 Å². The predicted octanol–water partition coefficient (Wildman–Crippen LogP) is 3.08. The molecule has 9 N–H and O–H groups in total. The third kappa shape index (κ3) is 23.1. The quantitative estimate of drug-likeness (QED) is 0.181. The van der Waals surface area contributed by atoms with Crippen LogP contribution in [0, 0.1) is 11.8 Å². The van der Waals surface area contributed by atoms with E-state index in [2.05, 4.69) is 0 Å². The van der Waals surface area contributed by atoms with Crippen LogP contribution in [0.4, 0.5) is 0 Å². The maximum absolute atomic E-state index is 12.5. The Hall–Kier alpha value is -2.45. The summed E-state index contributed by atoms with van der Waals surface area (Å²) in [5, 5.41) is 93.2. The molecule has 0 saturated heterocycles. The first-order chi connectivity index (χ1) is 23.7. The third-order valence-electron chi connectivity index (χ3n) is 8.56. The Kier molecular flexibility index (Phi) is 24.0. The Labute approximate surface area is 298 Å². The van der Waals surface area contributed by atoms with Gasteiger partial charge in [0.15, 0.2) is 0 Å². The first-order valence-electron chi connectivity index (χ1n) is 18.0. The summed E-state index contributed by atoms with van der Waals surface area (Å²) in [6, 6.07) is 0. The normalized spacial score (nSPS) is 39.1. The van der Waals surface area contributed by atoms with E-state index >= 15 is 0 Å². The Balaban J connectivity index is 2.88. The first kappa shape index (κ1) is 45.6. The zero-order valence-corrected chi connectivity index (χ0v) is 30.0. The molecule has 0 bridgehead atoms. The number of aliphatic hydroxyl groups is 9. The molecule has 1 aliphatic heterocycles. The molecule has 1 rings (SSSR count). The van der Waals surface area contributed by atoms with Gasteiger partial charge in [-0.3, -0.25) is 0 Å². The van der Waals surface area contributed by atoms with Crippen LogP contribution in [0.1, 0.15) is 91.4 Å². The van der Waals surface area contributed by atoms with E-state index in [1.54, 1.807) is 42.5 Å². The summed E-state index contributed by atoms with van der Waals surface area (Å²) in [4.78, 5) is 12.5. The smallest absolute Gasteiger partial charge is 0.331 e. The van der Waals surface area contributed by atoms with Crippen molar-refractivity contribution in [3.05, 3.63) is 72.9 Å². The molecule has 0 aliphatic carbocycles. The fourth-order valence-corrected chi connectivity index (χ4v) is 6.06. The van der Waals surface area contributed by atoms with Crippen molar-refractivity contribution in [2.45, 2.75) is 152 Å². The van der Waals surface area contributed by atoms with Gasteiger partial charge in [0.25, 0.3) is 0 Å². The summed E-state index contributed by atoms with van der Waals surface area (Å²) >= 11 is 0. The highest BCUT2D eigenvalue weighted by molar-refractivity contribution is 5.82. The number of carbonyl (C=O) groups excluding carboxylic acids is 1. The average Bonchev–Trinajstić information content (AvgIpc) is 2.99. The van der Waals surface area contributed by atoms with Crippen molar-refractivity contribution in [2.24, 2.45) is 11.8 Å². The van der Waals surface area contributed by atoms with Gasteiger partial charge in [-0.05, 0) is 82.5 Å². The minimum absolute atomic E-state index is 0.0177. The number of allylic oxidation sites excluding steroid dienone is 10. The summed E-state index contributed by atoms with van der Waals surface area (Å²) in [7, 11) is 0. The van der Waals surface area contributed by atoms with E-state index in [1.807, 2.05) is 45.1 Å². The van der Waals surface area contributed by atoms with Crippen LogP contribution >= 0.6 is 0 Å². The molecule has 11 nitrogen and oxygen atoms in total. The van der Waals surface area contributed by atoms with Gasteiger partial charge in [0.1, 0.15) is 6.10 Å². The molecule has 11 atom stereocenters. The lowest BCUT2D eigenvalue weighted by atomic mass is 9.89. The monoisotopic (exact) mass is 708 g/mol. The van der Waals surface area contributed by atoms with Crippen LogP contribution in [-0.4, -0.2) is 113 Å². The van der Waals surface area contributed by atoms with Crippen LogP contribution < -0.4 is 0 Å². The van der Waals surface area contributed by atoms with Gasteiger partial charge in [-0.2, -0.15) is 0 Å². The van der Waals surface area contributed by atoms with Crippen molar-refractivity contribution in [2.75, 3.05) is 0 Å². The molecule has 1 aliphatic rings. The van der Waals surface area contributed by atoms with Crippen molar-refractivity contribution < 1.29 is 55.5 Å². The number of ether oxygens (including phenoxy) is 1. The summed E-state index contributed by atoms with van der Waals surface area (Å²) in [6.07, 6.45) is 11.9. The second-order valence-corrected chi connectivity index (χ2v) is 14.0. The maximum Gasteiger partial charge on any atom is 0.331 e. The van der Waals surface area contributed by atoms with E-state index < -0.39 is 60.9 Å². The van der Waals surface area contributed by atoms with Crippen molar-refractivity contribution in [1.82, 2.24) is 0 Å². The van der Waals surface area contributed by atoms with Crippen LogP contribution in [0.5, 0.6) is 0 Å². The zero-order valence-electron chi connectivity index (χ0n) is 30.0. The molecular formula is C39H64O11. The number of cyclic esters (lactones) is 1. The van der Waals surface area contributed by atoms with E-state index in [0.29, 0.717) is 19.3 Å². The lowest BCUT2D eigenvalue weighted by Crippen LogP contribution is -2.31. The zero-order chi connectivity index (χ0) is 37.5. The molecule has 0 amide bonds. The highest BCUT2D eigenvalue weighted by Crippen LogP contribution is 2.24. The van der Waals surface area contributed by atoms with Crippen molar-refractivity contribution in [1.29, 1.82) is 0 Å². The van der Waals surface area contributed by atoms with Gasteiger partial charge in [-0.15, -0.1) is 0 Å². The number of carbonyl (C=O) groups is 1. The average molecular weight is 709 g/mol. The fraction of sp³-hybridized carbons (Fsp3) is 0.667. The lowest BCUT2D eigenvalue weighted by molar-refractivity contribution is -0.148. The van der Waals surface area contributed by atoms with Crippen LogP contribution in [0.25, 0.3) is 0 Å². The number of hydrogen-bond donors (Lipinski definition) is 9. The standard InChI is InChI=1S/C39H64O11/c1-27(2)39-28(3)17-18-30(41)20-32(43)22-34(45)24-36(47)26-37(48)25-35(46)23-33(44)21-31(42)19-29(40)15-13-11-9-7-5-4-6-8-10-12-14-16-38(49)50-39/h4-14,16,27-37,39-48H,15,17-26H2,1-3H3/b5-4-,8-6-,9-7-,12-10-,13-11-,16-14-/t28-,29+,30-,31-,32-,33-,34-,35-,36+,37+,39-/m0/s1. The maximum atomic E-state index is 12.5. The minimum atomic E-state index is -1.12. The molecule has 0 saturated carbocycles. The Morgan fingerprint density at radius 1 is 0.500 bits per heavy atom. The highest BCUT2D eigenvalue weighted by Gasteiger charge is 2.27. The van der Waals surface area contributed by atoms with Crippen LogP contribution in [0.15, 0.2) is 72.9 Å². The summed E-state index contributed by atoms with van der Waals surface area (Å²) in [5.41, 5.74) is 0. The topological polar surface area (TPSA) is 208 Å². The van der Waals surface area contributed by atoms with Crippen molar-refractivity contribution in [3.8, 4) is 0 Å². The first-order valence-corrected chi connectivity index (χ1v) is 18.0. The van der Waals surface area contributed by atoms with Gasteiger partial charge >= 0.3 is 5.97 Å². The van der Waals surface area contributed by atoms with Crippen LogP contribution in [-0.2, 0) is 9.53 Å². The predicted molar refractivity (Wildman–Crippen MR) is 194 cm³/mol. The summed E-state index contributed by atoms with van der Waals surface area (Å²) in [6.45, 7) is 5.86. The molecule has 1 heterocycles. The lowest BCUT2D eigenvalue weighted by Gasteiger charge is -2.28. The van der Waals surface area contributed by atoms with Gasteiger partial charge in [-0.25, -0.2) is 4.79 Å². The number of esters is 1. The van der Waals surface area contributed by atoms with Crippen molar-refractivity contribution in [3.63, 3.8) is 0 Å². The Morgan fingerprint density at radius 3 is 1.24 bits per heavy atom. The second-order valence-electron chi connectivity index (χ2n) is 14.0. The van der Waals surface area contributed by atoms with E-state index in [1.165, 1.54) is 6.08 Å². The van der Waals surface area contributed by atoms with Gasteiger partial charge in [-0.1, -0.05) is 87.6 Å². The molecule has 0 radical (unpaired) electrons. The number of aliphatic hydroxyl groups excluding tert-OH is 9. The number of rotatable bonds is 1. The van der Waals surface area contributed by atoms with Gasteiger partial charge < -0.3 is 50.7 Å². The van der Waals surface area contributed by atoms with E-state index in [-0.39, 0.29) is 69.3 Å². The Morgan fingerprint density at radius 2 is 0.840 bits per heavy atom. The van der Waals surface area contributed by atoms with E-state index in [0.717, 1.165) is 0 Å². The molecule has 11 heteroatoms. The molecule has 0 unspecified atom stereocenters. The van der Waals surface area contributed by atoms with Crippen LogP contribution in [0.2, 0.25) is 0 Å². The summed E-state index contributed by atoms with van der Waals surface area (Å²) in [5.74, 6) is -0.483. The molecule has 0 aromatic heterocycles. The molecule has 0 spiro atoms. The van der Waals surface area contributed by atoms with Gasteiger partial charge in [0.05, 0.1) is 54.9 Å². The Bertz CT molecular complexity index is 1080. The summed E-state index contributed by atoms with van der Waals surface area (Å²) < 4.78 is 5.71. The van der Waals surface area contributed by atoms with Crippen molar-refractivity contribution >= 4 is 5.97 Å². The van der Waals surface area contributed by atoms with E-state index in [4.69, 9.17) is 4.74 Å². The van der Waals surface area contributed by atoms with Gasteiger partial charge in [0.2, 0.25) is 0 Å². The molecule has 0 aromatic rings. The second kappa shape index (κ2) is 26.3. The molecule has 0 fully saturated rings. The number of hydrogen-bond acceptors (Lipinski definition) is 11. The molecule has 50 heavy (non-hydrogen) atoms. The van der Waals surface area contributed by atoms with Crippen LogP contribution in [0.3, 0.4) is 0 Å². The SMILES string of the molecule is CC(C)[C@@H]1OC(=O)\C=C/C=C\C=C/C=C\C=C/C=C\C[C@@H](O)C[C@H](O)C[C@H](O)C[C@H](O)C[C@@H](O)C[C@H](O)C[C@@H](O)C[C@@H](O)C[C@@H](O)CC[C@@H]1C. The highest BCUT2D eigenvalue weighted by atomic mass is 16.5. The molecular weight excluding hydrogens is 644 g/mol. The molecule has 0 aromatic carbocycles.